The number of piperidine rings is 1. The van der Waals surface area contributed by atoms with Crippen molar-refractivity contribution in [3.63, 3.8) is 0 Å². The van der Waals surface area contributed by atoms with Crippen molar-refractivity contribution in [3.05, 3.63) is 16.4 Å². The lowest BCUT2D eigenvalue weighted by molar-refractivity contribution is 0.0761. The molecule has 16 heavy (non-hydrogen) atoms. The van der Waals surface area contributed by atoms with E-state index in [1.807, 2.05) is 6.92 Å². The van der Waals surface area contributed by atoms with E-state index < -0.39 is 0 Å². The highest BCUT2D eigenvalue weighted by Gasteiger charge is 2.37. The second kappa shape index (κ2) is 4.30. The molecule has 0 saturated carbocycles. The Balaban J connectivity index is 2.31. The minimum atomic E-state index is -0.297. The minimum absolute atomic E-state index is 0.173. The fourth-order valence-electron chi connectivity index (χ4n) is 2.20. The van der Waals surface area contributed by atoms with Gasteiger partial charge in [0.15, 0.2) is 5.78 Å². The van der Waals surface area contributed by atoms with Crippen molar-refractivity contribution in [1.82, 2.24) is 15.1 Å². The zero-order chi connectivity index (χ0) is 11.8. The van der Waals surface area contributed by atoms with Gasteiger partial charge in [-0.15, -0.1) is 0 Å². The molecule has 1 aliphatic heterocycles. The van der Waals surface area contributed by atoms with Crippen molar-refractivity contribution in [2.75, 3.05) is 13.1 Å². The van der Waals surface area contributed by atoms with Crippen molar-refractivity contribution >= 4 is 21.7 Å². The number of ketones is 1. The van der Waals surface area contributed by atoms with Gasteiger partial charge in [0.25, 0.3) is 0 Å². The Morgan fingerprint density at radius 2 is 2.44 bits per heavy atom. The van der Waals surface area contributed by atoms with Gasteiger partial charge in [-0.3, -0.25) is 9.48 Å². The summed E-state index contributed by atoms with van der Waals surface area (Å²) in [6, 6.07) is 0. The molecule has 1 saturated heterocycles. The summed E-state index contributed by atoms with van der Waals surface area (Å²) in [5.74, 6) is 0.173. The summed E-state index contributed by atoms with van der Waals surface area (Å²) in [6.07, 6.45) is 3.67. The molecule has 0 radical (unpaired) electrons. The number of nitrogens with one attached hydrogen (secondary N) is 1. The van der Waals surface area contributed by atoms with Crippen LogP contribution in [0.3, 0.4) is 0 Å². The zero-order valence-corrected chi connectivity index (χ0v) is 11.2. The van der Waals surface area contributed by atoms with E-state index in [0.29, 0.717) is 5.69 Å². The zero-order valence-electron chi connectivity index (χ0n) is 9.59. The lowest BCUT2D eigenvalue weighted by atomic mass is 9.78. The molecule has 0 aliphatic carbocycles. The number of halogens is 1. The Morgan fingerprint density at radius 3 is 2.94 bits per heavy atom. The first-order valence-electron chi connectivity index (χ1n) is 5.48. The highest BCUT2D eigenvalue weighted by Crippen LogP contribution is 2.32. The van der Waals surface area contributed by atoms with Crippen LogP contribution in [-0.2, 0) is 7.05 Å². The van der Waals surface area contributed by atoms with Crippen LogP contribution in [0.2, 0.25) is 0 Å². The van der Waals surface area contributed by atoms with Crippen LogP contribution in [0.4, 0.5) is 0 Å². The summed E-state index contributed by atoms with van der Waals surface area (Å²) >= 11 is 3.38. The van der Waals surface area contributed by atoms with Crippen molar-refractivity contribution < 1.29 is 4.79 Å². The third-order valence-electron chi connectivity index (χ3n) is 3.25. The van der Waals surface area contributed by atoms with Crippen molar-refractivity contribution in [2.45, 2.75) is 19.8 Å². The van der Waals surface area contributed by atoms with Gasteiger partial charge in [0.05, 0.1) is 10.7 Å². The molecule has 2 heterocycles. The molecule has 0 spiro atoms. The molecule has 2 rings (SSSR count). The summed E-state index contributed by atoms with van der Waals surface area (Å²) in [4.78, 5) is 12.5. The molecule has 1 unspecified atom stereocenters. The van der Waals surface area contributed by atoms with Gasteiger partial charge in [-0.1, -0.05) is 6.92 Å². The van der Waals surface area contributed by atoms with E-state index in [4.69, 9.17) is 0 Å². The smallest absolute Gasteiger partial charge is 0.189 e. The number of carbonyl (C=O) groups is 1. The molecule has 1 aliphatic rings. The van der Waals surface area contributed by atoms with Crippen molar-refractivity contribution in [2.24, 2.45) is 12.5 Å². The Morgan fingerprint density at radius 1 is 1.69 bits per heavy atom. The number of hydrogen-bond acceptors (Lipinski definition) is 3. The SMILES string of the molecule is Cn1ncc(Br)c1C(=O)C1(C)CCCNC1. The summed E-state index contributed by atoms with van der Waals surface area (Å²) in [7, 11) is 1.80. The maximum absolute atomic E-state index is 12.5. The predicted molar refractivity (Wildman–Crippen MR) is 65.4 cm³/mol. The number of hydrogen-bond donors (Lipinski definition) is 1. The lowest BCUT2D eigenvalue weighted by Crippen LogP contribution is -2.44. The summed E-state index contributed by atoms with van der Waals surface area (Å²) in [6.45, 7) is 3.79. The molecule has 88 valence electrons. The Kier molecular flexibility index (Phi) is 3.17. The van der Waals surface area contributed by atoms with Gasteiger partial charge in [0, 0.05) is 19.0 Å². The summed E-state index contributed by atoms with van der Waals surface area (Å²) in [5, 5.41) is 7.38. The van der Waals surface area contributed by atoms with Gasteiger partial charge in [-0.2, -0.15) is 5.10 Å². The molecule has 1 aromatic rings. The standard InChI is InChI=1S/C11H16BrN3O/c1-11(4-3-5-13-7-11)10(16)9-8(12)6-14-15(9)2/h6,13H,3-5,7H2,1-2H3. The maximum atomic E-state index is 12.5. The molecule has 0 aromatic carbocycles. The van der Waals surface area contributed by atoms with E-state index in [1.165, 1.54) is 0 Å². The Bertz CT molecular complexity index is 388. The van der Waals surface area contributed by atoms with E-state index in [-0.39, 0.29) is 11.2 Å². The van der Waals surface area contributed by atoms with Gasteiger partial charge < -0.3 is 5.32 Å². The maximum Gasteiger partial charge on any atom is 0.189 e. The van der Waals surface area contributed by atoms with Crippen LogP contribution in [0.1, 0.15) is 30.3 Å². The van der Waals surface area contributed by atoms with Gasteiger partial charge in [0.2, 0.25) is 0 Å². The number of rotatable bonds is 2. The average molecular weight is 286 g/mol. The predicted octanol–water partition coefficient (Wildman–Crippen LogP) is 1.75. The van der Waals surface area contributed by atoms with Gasteiger partial charge in [0.1, 0.15) is 5.69 Å². The number of aryl methyl sites for hydroxylation is 1. The average Bonchev–Trinajstić information content (AvgIpc) is 2.59. The van der Waals surface area contributed by atoms with E-state index >= 15 is 0 Å². The molecule has 5 heteroatoms. The minimum Gasteiger partial charge on any atom is -0.316 e. The third kappa shape index (κ3) is 1.94. The topological polar surface area (TPSA) is 46.9 Å². The fourth-order valence-corrected chi connectivity index (χ4v) is 2.73. The van der Waals surface area contributed by atoms with E-state index in [9.17, 15) is 4.79 Å². The highest BCUT2D eigenvalue weighted by molar-refractivity contribution is 9.10. The Hall–Kier alpha value is -0.680. The van der Waals surface area contributed by atoms with Gasteiger partial charge in [-0.05, 0) is 35.3 Å². The molecule has 4 nitrogen and oxygen atoms in total. The fraction of sp³-hybridized carbons (Fsp3) is 0.636. The van der Waals surface area contributed by atoms with Crippen molar-refractivity contribution in [3.8, 4) is 0 Å². The molecular weight excluding hydrogens is 270 g/mol. The molecule has 0 amide bonds. The lowest BCUT2D eigenvalue weighted by Gasteiger charge is -2.32. The highest BCUT2D eigenvalue weighted by atomic mass is 79.9. The van der Waals surface area contributed by atoms with Gasteiger partial charge >= 0.3 is 0 Å². The monoisotopic (exact) mass is 285 g/mol. The summed E-state index contributed by atoms with van der Waals surface area (Å²) < 4.78 is 2.43. The third-order valence-corrected chi connectivity index (χ3v) is 3.83. The first-order chi connectivity index (χ1) is 7.54. The summed E-state index contributed by atoms with van der Waals surface area (Å²) in [5.41, 5.74) is 0.375. The van der Waals surface area contributed by atoms with Crippen molar-refractivity contribution in [1.29, 1.82) is 0 Å². The molecule has 1 N–H and O–H groups in total. The molecule has 0 bridgehead atoms. The molecule has 1 atom stereocenters. The number of Topliss-reactive ketones (excluding diaryl/α,β-unsaturated/α-hetero) is 1. The molecule has 1 aromatic heterocycles. The van der Waals surface area contributed by atoms with Crippen LogP contribution in [0.5, 0.6) is 0 Å². The van der Waals surface area contributed by atoms with Crippen LogP contribution in [0.25, 0.3) is 0 Å². The van der Waals surface area contributed by atoms with Crippen LogP contribution in [0.15, 0.2) is 10.7 Å². The Labute approximate surface area is 104 Å². The quantitative estimate of drug-likeness (QED) is 0.843. The van der Waals surface area contributed by atoms with Crippen LogP contribution < -0.4 is 5.32 Å². The molecular formula is C11H16BrN3O. The normalized spacial score (nSPS) is 25.7. The first-order valence-corrected chi connectivity index (χ1v) is 6.27. The first kappa shape index (κ1) is 11.8. The van der Waals surface area contributed by atoms with Gasteiger partial charge in [-0.25, -0.2) is 0 Å². The second-order valence-electron chi connectivity index (χ2n) is 4.63. The number of aromatic nitrogens is 2. The van der Waals surface area contributed by atoms with E-state index in [2.05, 4.69) is 26.3 Å². The van der Waals surface area contributed by atoms with E-state index in [0.717, 1.165) is 30.4 Å². The largest absolute Gasteiger partial charge is 0.316 e. The number of nitrogens with zero attached hydrogens (tertiary/aromatic N) is 2. The van der Waals surface area contributed by atoms with Crippen LogP contribution in [-0.4, -0.2) is 28.7 Å². The van der Waals surface area contributed by atoms with Crippen LogP contribution >= 0.6 is 15.9 Å². The number of carbonyl (C=O) groups excluding carboxylic acids is 1. The van der Waals surface area contributed by atoms with E-state index in [1.54, 1.807) is 17.9 Å². The second-order valence-corrected chi connectivity index (χ2v) is 5.49. The van der Waals surface area contributed by atoms with Crippen LogP contribution in [0, 0.1) is 5.41 Å². The molecule has 1 fully saturated rings.